The second kappa shape index (κ2) is 6.90. The Morgan fingerprint density at radius 3 is 2.70 bits per heavy atom. The number of halogens is 1. The molecular formula is C15H17BrN2OS. The minimum Gasteiger partial charge on any atom is -0.338 e. The van der Waals surface area contributed by atoms with Crippen molar-refractivity contribution in [2.24, 2.45) is 0 Å². The van der Waals surface area contributed by atoms with Gasteiger partial charge in [0, 0.05) is 15.9 Å². The molecule has 1 heterocycles. The summed E-state index contributed by atoms with van der Waals surface area (Å²) in [6.07, 6.45) is 0.861. The Balaban J connectivity index is 1.81. The molecule has 0 fully saturated rings. The maximum Gasteiger partial charge on any atom is 0.319 e. The summed E-state index contributed by atoms with van der Waals surface area (Å²) in [5, 5.41) is 7.86. The molecule has 0 saturated carbocycles. The third kappa shape index (κ3) is 3.84. The summed E-state index contributed by atoms with van der Waals surface area (Å²) in [5.41, 5.74) is 3.42. The fourth-order valence-corrected chi connectivity index (χ4v) is 3.15. The number of urea groups is 1. The zero-order valence-corrected chi connectivity index (χ0v) is 13.9. The van der Waals surface area contributed by atoms with Crippen LogP contribution in [0.25, 0.3) is 0 Å². The molecule has 106 valence electrons. The lowest BCUT2D eigenvalue weighted by atomic mass is 10.1. The van der Waals surface area contributed by atoms with Gasteiger partial charge in [-0.25, -0.2) is 4.79 Å². The normalized spacial score (nSPS) is 10.3. The molecule has 1 aromatic heterocycles. The van der Waals surface area contributed by atoms with Crippen LogP contribution in [0.3, 0.4) is 0 Å². The van der Waals surface area contributed by atoms with Crippen LogP contribution in [0.4, 0.5) is 10.5 Å². The topological polar surface area (TPSA) is 41.1 Å². The first-order valence-electron chi connectivity index (χ1n) is 6.41. The predicted molar refractivity (Wildman–Crippen MR) is 88.7 cm³/mol. The van der Waals surface area contributed by atoms with E-state index in [9.17, 15) is 4.79 Å². The first-order chi connectivity index (χ1) is 9.58. The molecule has 5 heteroatoms. The molecule has 0 saturated heterocycles. The fourth-order valence-electron chi connectivity index (χ4n) is 1.85. The number of anilines is 1. The molecule has 0 spiro atoms. The van der Waals surface area contributed by atoms with Crippen LogP contribution in [-0.2, 0) is 6.42 Å². The van der Waals surface area contributed by atoms with Crippen molar-refractivity contribution < 1.29 is 4.79 Å². The number of carbonyl (C=O) groups is 1. The Kier molecular flexibility index (Phi) is 5.20. The van der Waals surface area contributed by atoms with Gasteiger partial charge < -0.3 is 10.6 Å². The van der Waals surface area contributed by atoms with Crippen molar-refractivity contribution in [2.45, 2.75) is 20.3 Å². The Morgan fingerprint density at radius 2 is 2.05 bits per heavy atom. The smallest absolute Gasteiger partial charge is 0.319 e. The molecule has 2 rings (SSSR count). The van der Waals surface area contributed by atoms with Crippen LogP contribution in [0.2, 0.25) is 0 Å². The molecule has 0 aliphatic carbocycles. The lowest BCUT2D eigenvalue weighted by molar-refractivity contribution is 0.252. The van der Waals surface area contributed by atoms with Crippen LogP contribution in [0.15, 0.2) is 34.1 Å². The van der Waals surface area contributed by atoms with Gasteiger partial charge in [-0.2, -0.15) is 0 Å². The number of amides is 2. The lowest BCUT2D eigenvalue weighted by Crippen LogP contribution is -2.30. The summed E-state index contributed by atoms with van der Waals surface area (Å²) in [6, 6.07) is 7.37. The van der Waals surface area contributed by atoms with Gasteiger partial charge in [0.25, 0.3) is 0 Å². The third-order valence-electron chi connectivity index (χ3n) is 3.19. The summed E-state index contributed by atoms with van der Waals surface area (Å²) < 4.78 is 0.874. The maximum absolute atomic E-state index is 11.8. The van der Waals surface area contributed by atoms with Gasteiger partial charge in [0.15, 0.2) is 0 Å². The molecule has 3 nitrogen and oxygen atoms in total. The maximum atomic E-state index is 11.8. The monoisotopic (exact) mass is 352 g/mol. The minimum atomic E-state index is -0.179. The van der Waals surface area contributed by atoms with Gasteiger partial charge in [0.1, 0.15) is 0 Å². The zero-order valence-electron chi connectivity index (χ0n) is 11.5. The number of hydrogen-bond donors (Lipinski definition) is 2. The van der Waals surface area contributed by atoms with Crippen molar-refractivity contribution in [3.63, 3.8) is 0 Å². The van der Waals surface area contributed by atoms with E-state index in [1.807, 2.05) is 24.3 Å². The molecule has 0 unspecified atom stereocenters. The highest BCUT2D eigenvalue weighted by molar-refractivity contribution is 9.10. The van der Waals surface area contributed by atoms with Gasteiger partial charge in [0.2, 0.25) is 0 Å². The molecule has 2 amide bonds. The standard InChI is InChI=1S/C15H17BrN2OS/c1-10-11(2)20-9-12(10)7-8-17-15(19)18-14-6-4-3-5-13(14)16/h3-6,9H,7-8H2,1-2H3,(H2,17,18,19). The second-order valence-corrected chi connectivity index (χ2v) is 6.49. The molecule has 2 aromatic rings. The third-order valence-corrected chi connectivity index (χ3v) is 4.94. The number of aryl methyl sites for hydroxylation is 1. The van der Waals surface area contributed by atoms with Crippen LogP contribution in [0.5, 0.6) is 0 Å². The van der Waals surface area contributed by atoms with Crippen molar-refractivity contribution in [2.75, 3.05) is 11.9 Å². The molecule has 1 aromatic carbocycles. The average molecular weight is 353 g/mol. The summed E-state index contributed by atoms with van der Waals surface area (Å²) in [4.78, 5) is 13.1. The quantitative estimate of drug-likeness (QED) is 0.835. The molecule has 20 heavy (non-hydrogen) atoms. The average Bonchev–Trinajstić information content (AvgIpc) is 2.73. The van der Waals surface area contributed by atoms with Crippen LogP contribution >= 0.6 is 27.3 Å². The van der Waals surface area contributed by atoms with E-state index >= 15 is 0 Å². The van der Waals surface area contributed by atoms with Crippen molar-refractivity contribution in [1.82, 2.24) is 5.32 Å². The molecule has 0 aliphatic rings. The van der Waals surface area contributed by atoms with E-state index in [0.717, 1.165) is 16.6 Å². The number of rotatable bonds is 4. The minimum absolute atomic E-state index is 0.179. The molecule has 0 radical (unpaired) electrons. The van der Waals surface area contributed by atoms with Gasteiger partial charge in [-0.05, 0) is 64.8 Å². The van der Waals surface area contributed by atoms with E-state index in [2.05, 4.69) is 45.8 Å². The zero-order chi connectivity index (χ0) is 14.5. The molecule has 2 N–H and O–H groups in total. The van der Waals surface area contributed by atoms with Crippen molar-refractivity contribution in [1.29, 1.82) is 0 Å². The Bertz CT molecular complexity index is 610. The highest BCUT2D eigenvalue weighted by Gasteiger charge is 2.06. The van der Waals surface area contributed by atoms with Gasteiger partial charge in [-0.3, -0.25) is 0 Å². The number of thiophene rings is 1. The van der Waals surface area contributed by atoms with Gasteiger partial charge in [0.05, 0.1) is 5.69 Å². The Labute approximate surface area is 131 Å². The number of nitrogens with one attached hydrogen (secondary N) is 2. The van der Waals surface area contributed by atoms with Crippen LogP contribution < -0.4 is 10.6 Å². The number of benzene rings is 1. The van der Waals surface area contributed by atoms with Crippen LogP contribution in [0, 0.1) is 13.8 Å². The predicted octanol–water partition coefficient (Wildman–Crippen LogP) is 4.49. The van der Waals surface area contributed by atoms with Crippen molar-refractivity contribution in [3.05, 3.63) is 50.1 Å². The summed E-state index contributed by atoms with van der Waals surface area (Å²) in [7, 11) is 0. The lowest BCUT2D eigenvalue weighted by Gasteiger charge is -2.09. The van der Waals surface area contributed by atoms with Crippen LogP contribution in [-0.4, -0.2) is 12.6 Å². The highest BCUT2D eigenvalue weighted by Crippen LogP contribution is 2.21. The van der Waals surface area contributed by atoms with Crippen molar-refractivity contribution >= 4 is 39.0 Å². The molecular weight excluding hydrogens is 336 g/mol. The van der Waals surface area contributed by atoms with Gasteiger partial charge in [-0.15, -0.1) is 11.3 Å². The van der Waals surface area contributed by atoms with E-state index < -0.39 is 0 Å². The highest BCUT2D eigenvalue weighted by atomic mass is 79.9. The van der Waals surface area contributed by atoms with Crippen LogP contribution in [0.1, 0.15) is 16.0 Å². The number of hydrogen-bond acceptors (Lipinski definition) is 2. The summed E-state index contributed by atoms with van der Waals surface area (Å²) >= 11 is 5.16. The Morgan fingerprint density at radius 1 is 1.30 bits per heavy atom. The first-order valence-corrected chi connectivity index (χ1v) is 8.08. The molecule has 0 bridgehead atoms. The van der Waals surface area contributed by atoms with Gasteiger partial charge in [-0.1, -0.05) is 12.1 Å². The van der Waals surface area contributed by atoms with Gasteiger partial charge >= 0.3 is 6.03 Å². The number of para-hydroxylation sites is 1. The van der Waals surface area contributed by atoms with E-state index in [-0.39, 0.29) is 6.03 Å². The second-order valence-electron chi connectivity index (χ2n) is 4.55. The summed E-state index contributed by atoms with van der Waals surface area (Å²) in [5.74, 6) is 0. The fraction of sp³-hybridized carbons (Fsp3) is 0.267. The van der Waals surface area contributed by atoms with Crippen molar-refractivity contribution in [3.8, 4) is 0 Å². The van der Waals surface area contributed by atoms with E-state index in [0.29, 0.717) is 6.54 Å². The van der Waals surface area contributed by atoms with E-state index in [1.165, 1.54) is 16.0 Å². The van der Waals surface area contributed by atoms with E-state index in [1.54, 1.807) is 11.3 Å². The largest absolute Gasteiger partial charge is 0.338 e. The molecule has 0 atom stereocenters. The Hall–Kier alpha value is -1.33. The first kappa shape index (κ1) is 15.1. The SMILES string of the molecule is Cc1scc(CCNC(=O)Nc2ccccc2Br)c1C. The summed E-state index contributed by atoms with van der Waals surface area (Å²) in [6.45, 7) is 4.88. The van der Waals surface area contributed by atoms with E-state index in [4.69, 9.17) is 0 Å². The molecule has 0 aliphatic heterocycles. The number of carbonyl (C=O) groups excluding carboxylic acids is 1.